The molecule has 0 unspecified atom stereocenters. The predicted molar refractivity (Wildman–Crippen MR) is 120 cm³/mol. The molecule has 3 aromatic carbocycles. The summed E-state index contributed by atoms with van der Waals surface area (Å²) in [6.07, 6.45) is 0. The summed E-state index contributed by atoms with van der Waals surface area (Å²) >= 11 is 10.2. The predicted octanol–water partition coefficient (Wildman–Crippen LogP) is 5.31. The molecule has 4 aromatic rings. The molecule has 1 aromatic heterocycles. The van der Waals surface area contributed by atoms with E-state index in [2.05, 4.69) is 15.9 Å². The van der Waals surface area contributed by atoms with Crippen LogP contribution in [0.25, 0.3) is 10.3 Å². The van der Waals surface area contributed by atoms with Crippen LogP contribution < -0.4 is 9.24 Å². The molecule has 0 saturated carbocycles. The molecule has 0 N–H and O–H groups in total. The second kappa shape index (κ2) is 7.99. The van der Waals surface area contributed by atoms with E-state index in [1.54, 1.807) is 24.3 Å². The van der Waals surface area contributed by atoms with Gasteiger partial charge in [0.25, 0.3) is 15.9 Å². The largest absolute Gasteiger partial charge is 0.414 e. The highest BCUT2D eigenvalue weighted by Crippen LogP contribution is 2.31. The van der Waals surface area contributed by atoms with Gasteiger partial charge < -0.3 is 4.42 Å². The molecule has 6 nitrogen and oxygen atoms in total. The number of carbonyl (C=O) groups is 1. The van der Waals surface area contributed by atoms with E-state index in [1.807, 2.05) is 0 Å². The molecular formula is C20H11BrClNO5S2. The Kier molecular flexibility index (Phi) is 5.54. The highest BCUT2D eigenvalue weighted by Gasteiger charge is 2.33. The van der Waals surface area contributed by atoms with Crippen LogP contribution in [-0.2, 0) is 10.0 Å². The van der Waals surface area contributed by atoms with E-state index in [0.29, 0.717) is 19.1 Å². The first kappa shape index (κ1) is 20.8. The van der Waals surface area contributed by atoms with Gasteiger partial charge in [-0.2, -0.15) is 4.31 Å². The average Bonchev–Trinajstić information content (AvgIpc) is 3.08. The van der Waals surface area contributed by atoms with E-state index >= 15 is 0 Å². The molecule has 1 heterocycles. The molecule has 4 rings (SSSR count). The third-order valence-electron chi connectivity index (χ3n) is 4.19. The lowest BCUT2D eigenvalue weighted by Gasteiger charge is -2.23. The van der Waals surface area contributed by atoms with Gasteiger partial charge in [0.05, 0.1) is 25.9 Å². The summed E-state index contributed by atoms with van der Waals surface area (Å²) in [5, 5.41) is 0.118. The first-order valence-electron chi connectivity index (χ1n) is 8.41. The maximum absolute atomic E-state index is 13.5. The van der Waals surface area contributed by atoms with Crippen molar-refractivity contribution in [2.45, 2.75) is 4.90 Å². The van der Waals surface area contributed by atoms with Crippen LogP contribution in [0.4, 0.5) is 5.69 Å². The zero-order valence-electron chi connectivity index (χ0n) is 14.9. The molecule has 0 aliphatic heterocycles. The third kappa shape index (κ3) is 3.81. The van der Waals surface area contributed by atoms with Crippen LogP contribution in [0.15, 0.2) is 85.3 Å². The molecule has 30 heavy (non-hydrogen) atoms. The van der Waals surface area contributed by atoms with E-state index in [0.717, 1.165) is 11.3 Å². The Balaban J connectivity index is 1.94. The Labute approximate surface area is 188 Å². The van der Waals surface area contributed by atoms with Crippen LogP contribution in [-0.4, -0.2) is 14.3 Å². The van der Waals surface area contributed by atoms with E-state index < -0.39 is 20.9 Å². The van der Waals surface area contributed by atoms with Crippen LogP contribution in [0.5, 0.6) is 0 Å². The number of fused-ring (bicyclic) bond motifs is 1. The number of amides is 1. The monoisotopic (exact) mass is 523 g/mol. The third-order valence-corrected chi connectivity index (χ3v) is 7.56. The maximum Gasteiger partial charge on any atom is 0.396 e. The molecule has 0 saturated heterocycles. The van der Waals surface area contributed by atoms with Gasteiger partial charge in [-0.1, -0.05) is 51.0 Å². The molecule has 152 valence electrons. The summed E-state index contributed by atoms with van der Waals surface area (Å²) in [6.45, 7) is 0. The van der Waals surface area contributed by atoms with Gasteiger partial charge >= 0.3 is 4.94 Å². The Morgan fingerprint density at radius 2 is 1.73 bits per heavy atom. The number of rotatable bonds is 4. The zero-order chi connectivity index (χ0) is 21.5. The Morgan fingerprint density at radius 3 is 2.43 bits per heavy atom. The smallest absolute Gasteiger partial charge is 0.396 e. The van der Waals surface area contributed by atoms with Crippen LogP contribution in [0.1, 0.15) is 10.4 Å². The topological polar surface area (TPSA) is 84.7 Å². The number of hydrogen-bond acceptors (Lipinski definition) is 6. The van der Waals surface area contributed by atoms with Gasteiger partial charge in [-0.3, -0.25) is 4.79 Å². The van der Waals surface area contributed by atoms with Gasteiger partial charge in [0.1, 0.15) is 5.58 Å². The van der Waals surface area contributed by atoms with Gasteiger partial charge in [0.15, 0.2) is 0 Å². The lowest BCUT2D eigenvalue weighted by Crippen LogP contribution is -2.37. The number of nitrogens with zero attached hydrogens (tertiary/aromatic N) is 1. The molecule has 0 fully saturated rings. The van der Waals surface area contributed by atoms with Gasteiger partial charge in [-0.15, -0.1) is 0 Å². The van der Waals surface area contributed by atoms with Crippen LogP contribution >= 0.6 is 38.9 Å². The second-order valence-corrected chi connectivity index (χ2v) is 10.2. The van der Waals surface area contributed by atoms with E-state index in [-0.39, 0.29) is 21.2 Å². The standard InChI is InChI=1S/C20H11BrClNO5S2/c21-12-5-8-14(9-6-12)30(26,27)23(19(24)15-3-1-2-4-16(15)22)13-7-10-17-18(11-13)29-20(25)28-17/h1-11H. The van der Waals surface area contributed by atoms with Crippen LogP contribution in [0.2, 0.25) is 5.02 Å². The quantitative estimate of drug-likeness (QED) is 0.361. The van der Waals surface area contributed by atoms with Crippen molar-refractivity contribution in [2.24, 2.45) is 0 Å². The molecule has 1 amide bonds. The average molecular weight is 525 g/mol. The normalized spacial score (nSPS) is 11.5. The van der Waals surface area contributed by atoms with Crippen LogP contribution in [0, 0.1) is 0 Å². The minimum atomic E-state index is -4.30. The summed E-state index contributed by atoms with van der Waals surface area (Å²) in [4.78, 5) is 24.3. The number of halogens is 2. The van der Waals surface area contributed by atoms with Crippen molar-refractivity contribution in [1.29, 1.82) is 0 Å². The fourth-order valence-corrected chi connectivity index (χ4v) is 5.39. The van der Waals surface area contributed by atoms with E-state index in [4.69, 9.17) is 16.0 Å². The second-order valence-electron chi connectivity index (χ2n) is 6.09. The lowest BCUT2D eigenvalue weighted by atomic mass is 10.2. The summed E-state index contributed by atoms with van der Waals surface area (Å²) in [5.41, 5.74) is 0.396. The molecule has 0 spiro atoms. The highest BCUT2D eigenvalue weighted by atomic mass is 79.9. The fourth-order valence-electron chi connectivity index (χ4n) is 2.81. The van der Waals surface area contributed by atoms with Gasteiger partial charge in [-0.05, 0) is 54.6 Å². The summed E-state index contributed by atoms with van der Waals surface area (Å²) in [7, 11) is -4.30. The Bertz CT molecular complexity index is 1430. The van der Waals surface area contributed by atoms with Crippen molar-refractivity contribution in [3.05, 3.63) is 91.5 Å². The number of carbonyl (C=O) groups excluding carboxylic acids is 1. The summed E-state index contributed by atoms with van der Waals surface area (Å²) < 4.78 is 33.8. The van der Waals surface area contributed by atoms with Crippen molar-refractivity contribution in [2.75, 3.05) is 4.31 Å². The minimum absolute atomic E-state index is 0.0281. The molecule has 0 aliphatic rings. The van der Waals surface area contributed by atoms with Gasteiger partial charge in [0.2, 0.25) is 0 Å². The first-order chi connectivity index (χ1) is 14.3. The van der Waals surface area contributed by atoms with Crippen molar-refractivity contribution < 1.29 is 17.6 Å². The van der Waals surface area contributed by atoms with Crippen molar-refractivity contribution >= 4 is 70.8 Å². The summed E-state index contributed by atoms with van der Waals surface area (Å²) in [6, 6.07) is 16.4. The van der Waals surface area contributed by atoms with Gasteiger partial charge in [0, 0.05) is 4.47 Å². The zero-order valence-corrected chi connectivity index (χ0v) is 18.9. The minimum Gasteiger partial charge on any atom is -0.414 e. The fraction of sp³-hybridized carbons (Fsp3) is 0. The number of anilines is 1. The van der Waals surface area contributed by atoms with Crippen LogP contribution in [0.3, 0.4) is 0 Å². The van der Waals surface area contributed by atoms with E-state index in [9.17, 15) is 18.0 Å². The number of hydrogen-bond donors (Lipinski definition) is 0. The number of benzene rings is 3. The van der Waals surface area contributed by atoms with E-state index in [1.165, 1.54) is 42.5 Å². The number of sulfonamides is 1. The molecule has 0 radical (unpaired) electrons. The molecular weight excluding hydrogens is 514 g/mol. The molecule has 0 aliphatic carbocycles. The lowest BCUT2D eigenvalue weighted by molar-refractivity contribution is 0.101. The SMILES string of the molecule is O=C(c1ccccc1Cl)N(c1ccc2oc(=O)sc2c1)S(=O)(=O)c1ccc(Br)cc1. The highest BCUT2D eigenvalue weighted by molar-refractivity contribution is 9.10. The van der Waals surface area contributed by atoms with Crippen molar-refractivity contribution in [1.82, 2.24) is 0 Å². The Morgan fingerprint density at radius 1 is 1.03 bits per heavy atom. The van der Waals surface area contributed by atoms with Gasteiger partial charge in [-0.25, -0.2) is 13.2 Å². The molecule has 10 heteroatoms. The molecule has 0 bridgehead atoms. The summed E-state index contributed by atoms with van der Waals surface area (Å²) in [5.74, 6) is -0.821. The maximum atomic E-state index is 13.5. The van der Waals surface area contributed by atoms with Crippen molar-refractivity contribution in [3.63, 3.8) is 0 Å². The first-order valence-corrected chi connectivity index (χ1v) is 11.8. The van der Waals surface area contributed by atoms with Crippen molar-refractivity contribution in [3.8, 4) is 0 Å². The Hall–Kier alpha value is -2.46. The molecule has 0 atom stereocenters.